The topological polar surface area (TPSA) is 58.9 Å². The van der Waals surface area contributed by atoms with E-state index in [-0.39, 0.29) is 10.6 Å². The first-order chi connectivity index (χ1) is 13.0. The van der Waals surface area contributed by atoms with E-state index in [1.54, 1.807) is 0 Å². The molecule has 0 spiro atoms. The first-order valence-corrected chi connectivity index (χ1v) is 8.09. The highest BCUT2D eigenvalue weighted by Gasteiger charge is 2.40. The SMILES string of the molecule is FC(F)(F)c1nc2c(Cl)cc(C(F)(F)F)c(-c3cc(Cl)c4[nH]ncc4c3)n2n1. The fraction of sp³-hybridized carbons (Fsp3) is 0.133. The van der Waals surface area contributed by atoms with Gasteiger partial charge in [0, 0.05) is 10.9 Å². The highest BCUT2D eigenvalue weighted by atomic mass is 35.5. The third-order valence-electron chi connectivity index (χ3n) is 3.89. The number of hydrogen-bond donors (Lipinski definition) is 1. The Bertz CT molecular complexity index is 1220. The fourth-order valence-corrected chi connectivity index (χ4v) is 3.26. The highest BCUT2D eigenvalue weighted by Crippen LogP contribution is 2.41. The number of H-pyrrole nitrogens is 1. The summed E-state index contributed by atoms with van der Waals surface area (Å²) in [7, 11) is 0. The van der Waals surface area contributed by atoms with Crippen molar-refractivity contribution in [3.63, 3.8) is 0 Å². The van der Waals surface area contributed by atoms with Crippen molar-refractivity contribution in [3.8, 4) is 11.3 Å². The molecule has 0 fully saturated rings. The number of rotatable bonds is 1. The van der Waals surface area contributed by atoms with Crippen molar-refractivity contribution >= 4 is 39.8 Å². The molecule has 5 nitrogen and oxygen atoms in total. The second kappa shape index (κ2) is 5.98. The first-order valence-electron chi connectivity index (χ1n) is 7.33. The minimum Gasteiger partial charge on any atom is -0.276 e. The summed E-state index contributed by atoms with van der Waals surface area (Å²) in [5, 5.41) is 9.29. The number of benzene rings is 1. The van der Waals surface area contributed by atoms with Crippen LogP contribution < -0.4 is 0 Å². The van der Waals surface area contributed by atoms with Crippen LogP contribution in [0, 0.1) is 0 Å². The van der Waals surface area contributed by atoms with Crippen molar-refractivity contribution in [3.05, 3.63) is 45.8 Å². The van der Waals surface area contributed by atoms with Gasteiger partial charge in [0.1, 0.15) is 0 Å². The summed E-state index contributed by atoms with van der Waals surface area (Å²) in [4.78, 5) is 3.24. The number of fused-ring (bicyclic) bond motifs is 2. The van der Waals surface area contributed by atoms with Gasteiger partial charge >= 0.3 is 12.4 Å². The molecule has 146 valence electrons. The molecule has 1 aromatic carbocycles. The molecule has 1 N–H and O–H groups in total. The third kappa shape index (κ3) is 2.94. The van der Waals surface area contributed by atoms with Crippen LogP contribution in [0.4, 0.5) is 26.3 Å². The number of nitrogens with zero attached hydrogens (tertiary/aromatic N) is 4. The summed E-state index contributed by atoms with van der Waals surface area (Å²) >= 11 is 11.8. The quantitative estimate of drug-likeness (QED) is 0.391. The summed E-state index contributed by atoms with van der Waals surface area (Å²) in [6.07, 6.45) is -8.60. The van der Waals surface area contributed by atoms with E-state index in [9.17, 15) is 26.3 Å². The van der Waals surface area contributed by atoms with Gasteiger partial charge in [-0.3, -0.25) is 5.10 Å². The summed E-state index contributed by atoms with van der Waals surface area (Å²) in [5.74, 6) is -1.62. The zero-order valence-corrected chi connectivity index (χ0v) is 14.6. The second-order valence-corrected chi connectivity index (χ2v) is 6.53. The fourth-order valence-electron chi connectivity index (χ4n) is 2.76. The Balaban J connectivity index is 2.14. The minimum atomic E-state index is -4.98. The van der Waals surface area contributed by atoms with Gasteiger partial charge in [0.15, 0.2) is 5.65 Å². The van der Waals surface area contributed by atoms with Crippen LogP contribution in [-0.4, -0.2) is 24.8 Å². The van der Waals surface area contributed by atoms with Crippen LogP contribution in [0.15, 0.2) is 24.4 Å². The molecule has 0 atom stereocenters. The average Bonchev–Trinajstić information content (AvgIpc) is 3.20. The molecule has 4 rings (SSSR count). The van der Waals surface area contributed by atoms with Gasteiger partial charge in [-0.2, -0.15) is 31.4 Å². The monoisotopic (exact) mass is 439 g/mol. The summed E-state index contributed by atoms with van der Waals surface area (Å²) < 4.78 is 80.4. The van der Waals surface area contributed by atoms with E-state index in [4.69, 9.17) is 23.2 Å². The molecule has 0 amide bonds. The van der Waals surface area contributed by atoms with Gasteiger partial charge in [-0.15, -0.1) is 5.10 Å². The van der Waals surface area contributed by atoms with Crippen LogP contribution in [0.25, 0.3) is 27.8 Å². The maximum Gasteiger partial charge on any atom is 0.453 e. The Hall–Kier alpha value is -2.53. The van der Waals surface area contributed by atoms with Crippen LogP contribution in [0.1, 0.15) is 11.4 Å². The zero-order valence-electron chi connectivity index (χ0n) is 13.1. The maximum atomic E-state index is 13.6. The van der Waals surface area contributed by atoms with Crippen molar-refractivity contribution in [2.45, 2.75) is 12.4 Å². The van der Waals surface area contributed by atoms with Crippen molar-refractivity contribution in [1.82, 2.24) is 24.8 Å². The Labute approximate surface area is 160 Å². The molecule has 0 aliphatic rings. The lowest BCUT2D eigenvalue weighted by molar-refractivity contribution is -0.144. The number of alkyl halides is 6. The van der Waals surface area contributed by atoms with E-state index in [2.05, 4.69) is 20.3 Å². The molecular formula is C15H5Cl2F6N5. The molecule has 4 aromatic rings. The number of aromatic nitrogens is 5. The van der Waals surface area contributed by atoms with Gasteiger partial charge in [-0.05, 0) is 18.2 Å². The van der Waals surface area contributed by atoms with E-state index in [1.807, 2.05) is 0 Å². The highest BCUT2D eigenvalue weighted by molar-refractivity contribution is 6.35. The van der Waals surface area contributed by atoms with Crippen LogP contribution in [0.5, 0.6) is 0 Å². The van der Waals surface area contributed by atoms with Crippen molar-refractivity contribution in [1.29, 1.82) is 0 Å². The molecule has 0 unspecified atom stereocenters. The zero-order chi connectivity index (χ0) is 20.4. The van der Waals surface area contributed by atoms with Gasteiger partial charge in [-0.1, -0.05) is 23.2 Å². The van der Waals surface area contributed by atoms with E-state index in [0.717, 1.165) is 6.07 Å². The van der Waals surface area contributed by atoms with Crippen molar-refractivity contribution < 1.29 is 26.3 Å². The predicted molar refractivity (Wildman–Crippen MR) is 88.1 cm³/mol. The summed E-state index contributed by atoms with van der Waals surface area (Å²) in [6, 6.07) is 2.96. The van der Waals surface area contributed by atoms with Crippen LogP contribution in [0.3, 0.4) is 0 Å². The Morgan fingerprint density at radius 2 is 1.64 bits per heavy atom. The normalized spacial score (nSPS) is 13.0. The van der Waals surface area contributed by atoms with E-state index < -0.39 is 40.1 Å². The molecule has 3 heterocycles. The molecular weight excluding hydrogens is 435 g/mol. The van der Waals surface area contributed by atoms with E-state index >= 15 is 0 Å². The Morgan fingerprint density at radius 1 is 0.929 bits per heavy atom. The van der Waals surface area contributed by atoms with Crippen LogP contribution >= 0.6 is 23.2 Å². The van der Waals surface area contributed by atoms with Gasteiger partial charge in [0.05, 0.1) is 33.0 Å². The summed E-state index contributed by atoms with van der Waals surface area (Å²) in [5.41, 5.74) is -2.31. The molecule has 13 heteroatoms. The van der Waals surface area contributed by atoms with Crippen LogP contribution in [-0.2, 0) is 12.4 Å². The number of hydrogen-bond acceptors (Lipinski definition) is 3. The maximum absolute atomic E-state index is 13.6. The van der Waals surface area contributed by atoms with Gasteiger partial charge in [0.25, 0.3) is 5.82 Å². The molecule has 0 aliphatic heterocycles. The first kappa shape index (κ1) is 18.8. The lowest BCUT2D eigenvalue weighted by Crippen LogP contribution is -2.12. The molecule has 0 saturated heterocycles. The minimum absolute atomic E-state index is 0.0254. The van der Waals surface area contributed by atoms with Gasteiger partial charge in [-0.25, -0.2) is 9.50 Å². The van der Waals surface area contributed by atoms with Gasteiger partial charge < -0.3 is 0 Å². The van der Waals surface area contributed by atoms with Gasteiger partial charge in [0.2, 0.25) is 0 Å². The molecule has 0 aliphatic carbocycles. The Morgan fingerprint density at radius 3 is 2.29 bits per heavy atom. The average molecular weight is 440 g/mol. The predicted octanol–water partition coefficient (Wildman–Crippen LogP) is 5.62. The third-order valence-corrected chi connectivity index (χ3v) is 4.47. The molecule has 0 bridgehead atoms. The smallest absolute Gasteiger partial charge is 0.276 e. The second-order valence-electron chi connectivity index (χ2n) is 5.71. The number of halogens is 8. The lowest BCUT2D eigenvalue weighted by Gasteiger charge is -2.15. The number of aromatic amines is 1. The molecule has 3 aromatic heterocycles. The van der Waals surface area contributed by atoms with Crippen LogP contribution in [0.2, 0.25) is 10.0 Å². The summed E-state index contributed by atoms with van der Waals surface area (Å²) in [6.45, 7) is 0. The largest absolute Gasteiger partial charge is 0.453 e. The lowest BCUT2D eigenvalue weighted by atomic mass is 10.0. The molecule has 0 saturated carbocycles. The molecule has 0 radical (unpaired) electrons. The number of pyridine rings is 1. The number of nitrogens with one attached hydrogen (secondary N) is 1. The van der Waals surface area contributed by atoms with Crippen molar-refractivity contribution in [2.24, 2.45) is 0 Å². The van der Waals surface area contributed by atoms with E-state index in [1.165, 1.54) is 12.3 Å². The molecule has 28 heavy (non-hydrogen) atoms. The van der Waals surface area contributed by atoms with E-state index in [0.29, 0.717) is 21.5 Å². The Kier molecular flexibility index (Phi) is 4.02. The standard InChI is InChI=1S/C15H5Cl2F6N5/c16-8-2-5(1-6-4-24-26-10(6)8)11-7(14(18,19)20)3-9(17)12-25-13(15(21,22)23)27-28(11)12/h1-4H,(H,24,26). The van der Waals surface area contributed by atoms with Crippen molar-refractivity contribution in [2.75, 3.05) is 0 Å².